The summed E-state index contributed by atoms with van der Waals surface area (Å²) in [5, 5.41) is 16.0. The second-order valence-corrected chi connectivity index (χ2v) is 6.52. The molecule has 1 aromatic rings. The number of hydrogen-bond acceptors (Lipinski definition) is 7. The highest BCUT2D eigenvalue weighted by Gasteiger charge is 2.37. The standard InChI is InChI=1S/C11H14N4O6S/c1-21-9-3-2-8(15(17)18)11(13-9)14-5-7(4-10(14)16)6-22(12,19)20/h2-3,7H,4-6H2,1H3,(H2,12,19,20). The van der Waals surface area contributed by atoms with Crippen LogP contribution >= 0.6 is 0 Å². The molecule has 2 heterocycles. The third-order valence-electron chi connectivity index (χ3n) is 3.16. The van der Waals surface area contributed by atoms with Crippen LogP contribution in [0.1, 0.15) is 6.42 Å². The number of nitrogens with zero attached hydrogens (tertiary/aromatic N) is 3. The molecule has 1 aromatic heterocycles. The highest BCUT2D eigenvalue weighted by atomic mass is 32.2. The monoisotopic (exact) mass is 330 g/mol. The van der Waals surface area contributed by atoms with Crippen molar-refractivity contribution in [2.75, 3.05) is 24.3 Å². The van der Waals surface area contributed by atoms with Crippen molar-refractivity contribution >= 4 is 27.4 Å². The molecule has 10 nitrogen and oxygen atoms in total. The van der Waals surface area contributed by atoms with Gasteiger partial charge in [0.15, 0.2) is 0 Å². The van der Waals surface area contributed by atoms with Crippen molar-refractivity contribution in [2.45, 2.75) is 6.42 Å². The Hall–Kier alpha value is -2.27. The summed E-state index contributed by atoms with van der Waals surface area (Å²) in [4.78, 5) is 27.5. The molecule has 1 aliphatic heterocycles. The number of methoxy groups -OCH3 is 1. The second-order valence-electron chi connectivity index (χ2n) is 4.86. The summed E-state index contributed by atoms with van der Waals surface area (Å²) < 4.78 is 27.1. The van der Waals surface area contributed by atoms with Crippen LogP contribution < -0.4 is 14.8 Å². The van der Waals surface area contributed by atoms with E-state index in [1.54, 1.807) is 0 Å². The fourth-order valence-electron chi connectivity index (χ4n) is 2.30. The van der Waals surface area contributed by atoms with Gasteiger partial charge >= 0.3 is 5.69 Å². The molecular formula is C11H14N4O6S. The lowest BCUT2D eigenvalue weighted by atomic mass is 10.1. The minimum absolute atomic E-state index is 0.00370. The molecule has 0 aromatic carbocycles. The number of hydrogen-bond donors (Lipinski definition) is 1. The van der Waals surface area contributed by atoms with Crippen LogP contribution in [0, 0.1) is 16.0 Å². The quantitative estimate of drug-likeness (QED) is 0.573. The van der Waals surface area contributed by atoms with Crippen LogP contribution in [0.15, 0.2) is 12.1 Å². The summed E-state index contributed by atoms with van der Waals surface area (Å²) in [5.41, 5.74) is -0.356. The van der Waals surface area contributed by atoms with Crippen LogP contribution in [0.3, 0.4) is 0 Å². The molecular weight excluding hydrogens is 316 g/mol. The molecule has 2 rings (SSSR count). The lowest BCUT2D eigenvalue weighted by molar-refractivity contribution is -0.384. The minimum atomic E-state index is -3.73. The smallest absolute Gasteiger partial charge is 0.312 e. The largest absolute Gasteiger partial charge is 0.481 e. The molecule has 0 radical (unpaired) electrons. The summed E-state index contributed by atoms with van der Waals surface area (Å²) in [5.74, 6) is -1.39. The highest BCUT2D eigenvalue weighted by molar-refractivity contribution is 7.89. The number of carbonyl (C=O) groups is 1. The Morgan fingerprint density at radius 3 is 2.77 bits per heavy atom. The van der Waals surface area contributed by atoms with Crippen LogP contribution in [-0.4, -0.2) is 43.6 Å². The SMILES string of the molecule is COc1ccc([N+](=O)[O-])c(N2CC(CS(N)(=O)=O)CC2=O)n1. The maximum absolute atomic E-state index is 12.0. The van der Waals surface area contributed by atoms with Gasteiger partial charge in [-0.15, -0.1) is 0 Å². The molecule has 11 heteroatoms. The maximum Gasteiger partial charge on any atom is 0.312 e. The third-order valence-corrected chi connectivity index (χ3v) is 4.10. The lowest BCUT2D eigenvalue weighted by Gasteiger charge is -2.16. The molecule has 1 atom stereocenters. The Morgan fingerprint density at radius 1 is 1.55 bits per heavy atom. The molecule has 1 amide bonds. The van der Waals surface area contributed by atoms with E-state index in [4.69, 9.17) is 9.88 Å². The van der Waals surface area contributed by atoms with Crippen LogP contribution in [0.5, 0.6) is 5.88 Å². The molecule has 1 saturated heterocycles. The van der Waals surface area contributed by atoms with Gasteiger partial charge in [0.25, 0.3) is 0 Å². The van der Waals surface area contributed by atoms with Crippen LogP contribution in [-0.2, 0) is 14.8 Å². The summed E-state index contributed by atoms with van der Waals surface area (Å²) in [6.07, 6.45) is -0.0630. The fraction of sp³-hybridized carbons (Fsp3) is 0.455. The number of anilines is 1. The van der Waals surface area contributed by atoms with Gasteiger partial charge in [-0.2, -0.15) is 4.98 Å². The van der Waals surface area contributed by atoms with Gasteiger partial charge in [0.1, 0.15) is 0 Å². The molecule has 0 bridgehead atoms. The van der Waals surface area contributed by atoms with E-state index in [1.165, 1.54) is 19.2 Å². The summed E-state index contributed by atoms with van der Waals surface area (Å²) in [6, 6.07) is 2.49. The molecule has 2 N–H and O–H groups in total. The Kier molecular flexibility index (Phi) is 4.28. The van der Waals surface area contributed by atoms with E-state index in [0.717, 1.165) is 4.90 Å². The molecule has 1 fully saturated rings. The number of carbonyl (C=O) groups excluding carboxylic acids is 1. The Labute approximate surface area is 126 Å². The Balaban J connectivity index is 2.35. The first-order chi connectivity index (χ1) is 10.2. The summed E-state index contributed by atoms with van der Waals surface area (Å²) >= 11 is 0. The van der Waals surface area contributed by atoms with Crippen LogP contribution in [0.4, 0.5) is 11.5 Å². The molecule has 0 spiro atoms. The predicted molar refractivity (Wildman–Crippen MR) is 75.9 cm³/mol. The van der Waals surface area contributed by atoms with Crippen molar-refractivity contribution in [1.82, 2.24) is 4.98 Å². The number of sulfonamides is 1. The summed E-state index contributed by atoms with van der Waals surface area (Å²) in [7, 11) is -2.39. The first-order valence-electron chi connectivity index (χ1n) is 6.21. The molecule has 22 heavy (non-hydrogen) atoms. The van der Waals surface area contributed by atoms with Gasteiger partial charge in [-0.25, -0.2) is 13.6 Å². The molecule has 120 valence electrons. The summed E-state index contributed by atoms with van der Waals surface area (Å²) in [6.45, 7) is -0.00370. The average Bonchev–Trinajstić information content (AvgIpc) is 2.76. The number of pyridine rings is 1. The average molecular weight is 330 g/mol. The van der Waals surface area contributed by atoms with Crippen molar-refractivity contribution in [3.8, 4) is 5.88 Å². The zero-order valence-electron chi connectivity index (χ0n) is 11.6. The van der Waals surface area contributed by atoms with E-state index < -0.39 is 26.8 Å². The zero-order chi connectivity index (χ0) is 16.5. The highest BCUT2D eigenvalue weighted by Crippen LogP contribution is 2.33. The van der Waals surface area contributed by atoms with Gasteiger partial charge in [0.2, 0.25) is 27.6 Å². The van der Waals surface area contributed by atoms with Crippen LogP contribution in [0.25, 0.3) is 0 Å². The van der Waals surface area contributed by atoms with Crippen LogP contribution in [0.2, 0.25) is 0 Å². The van der Waals surface area contributed by atoms with Crippen molar-refractivity contribution < 1.29 is 22.9 Å². The normalized spacial score (nSPS) is 18.5. The van der Waals surface area contributed by atoms with Gasteiger partial charge < -0.3 is 4.74 Å². The van der Waals surface area contributed by atoms with E-state index >= 15 is 0 Å². The van der Waals surface area contributed by atoms with Gasteiger partial charge in [-0.05, 0) is 0 Å². The third kappa shape index (κ3) is 3.49. The van der Waals surface area contributed by atoms with Crippen molar-refractivity contribution in [1.29, 1.82) is 0 Å². The topological polar surface area (TPSA) is 146 Å². The second kappa shape index (κ2) is 5.85. The molecule has 0 saturated carbocycles. The number of nitrogens with two attached hydrogens (primary N) is 1. The number of ether oxygens (including phenoxy) is 1. The molecule has 1 aliphatic rings. The number of aromatic nitrogens is 1. The van der Waals surface area contributed by atoms with E-state index in [1.807, 2.05) is 0 Å². The van der Waals surface area contributed by atoms with E-state index in [-0.39, 0.29) is 36.1 Å². The molecule has 0 aliphatic carbocycles. The number of nitro groups is 1. The maximum atomic E-state index is 12.0. The predicted octanol–water partition coefficient (Wildman–Crippen LogP) is -0.360. The Bertz CT molecular complexity index is 719. The van der Waals surface area contributed by atoms with Gasteiger partial charge in [0.05, 0.1) is 17.8 Å². The van der Waals surface area contributed by atoms with E-state index in [2.05, 4.69) is 4.98 Å². The zero-order valence-corrected chi connectivity index (χ0v) is 12.4. The number of rotatable bonds is 5. The molecule has 1 unspecified atom stereocenters. The van der Waals surface area contributed by atoms with E-state index in [0.29, 0.717) is 0 Å². The van der Waals surface area contributed by atoms with Crippen molar-refractivity contribution in [2.24, 2.45) is 11.1 Å². The van der Waals surface area contributed by atoms with Gasteiger partial charge in [-0.1, -0.05) is 0 Å². The number of amides is 1. The van der Waals surface area contributed by atoms with Gasteiger partial charge in [0, 0.05) is 31.0 Å². The van der Waals surface area contributed by atoms with Crippen molar-refractivity contribution in [3.05, 3.63) is 22.2 Å². The first-order valence-corrected chi connectivity index (χ1v) is 7.93. The Morgan fingerprint density at radius 2 is 2.23 bits per heavy atom. The number of primary sulfonamides is 1. The first kappa shape index (κ1) is 16.1. The van der Waals surface area contributed by atoms with E-state index in [9.17, 15) is 23.3 Å². The minimum Gasteiger partial charge on any atom is -0.481 e. The fourth-order valence-corrected chi connectivity index (χ4v) is 3.19. The van der Waals surface area contributed by atoms with Crippen molar-refractivity contribution in [3.63, 3.8) is 0 Å². The van der Waals surface area contributed by atoms with Gasteiger partial charge in [-0.3, -0.25) is 19.8 Å². The lowest BCUT2D eigenvalue weighted by Crippen LogP contribution is -2.28.